The Labute approximate surface area is 118 Å². The summed E-state index contributed by atoms with van der Waals surface area (Å²) in [5.74, 6) is 0.482. The van der Waals surface area contributed by atoms with E-state index in [1.54, 1.807) is 18.2 Å². The number of aliphatic hydroxyl groups excluding tert-OH is 1. The molecule has 20 heavy (non-hydrogen) atoms. The Kier molecular flexibility index (Phi) is 5.53. The Bertz CT molecular complexity index is 519. The highest BCUT2D eigenvalue weighted by atomic mass is 19.1. The maximum atomic E-state index is 13.4. The van der Waals surface area contributed by atoms with E-state index in [1.807, 2.05) is 30.3 Å². The van der Waals surface area contributed by atoms with Crippen molar-refractivity contribution in [3.05, 3.63) is 66.0 Å². The highest BCUT2D eigenvalue weighted by Crippen LogP contribution is 2.08. The number of hydrogen-bond acceptors (Lipinski definition) is 3. The number of aliphatic hydroxyl groups is 1. The topological polar surface area (TPSA) is 41.5 Å². The molecule has 2 rings (SSSR count). The van der Waals surface area contributed by atoms with E-state index in [2.05, 4.69) is 5.32 Å². The van der Waals surface area contributed by atoms with Gasteiger partial charge in [0.15, 0.2) is 0 Å². The Morgan fingerprint density at radius 1 is 1.05 bits per heavy atom. The molecule has 0 amide bonds. The first-order valence-electron chi connectivity index (χ1n) is 6.56. The van der Waals surface area contributed by atoms with Crippen LogP contribution in [-0.2, 0) is 6.54 Å². The molecule has 0 radical (unpaired) electrons. The molecule has 3 nitrogen and oxygen atoms in total. The lowest BCUT2D eigenvalue weighted by atomic mass is 10.2. The summed E-state index contributed by atoms with van der Waals surface area (Å²) in [5.41, 5.74) is 0.587. The first-order valence-corrected chi connectivity index (χ1v) is 6.56. The molecule has 1 atom stereocenters. The van der Waals surface area contributed by atoms with Crippen LogP contribution in [0, 0.1) is 5.82 Å². The molecule has 0 aliphatic rings. The van der Waals surface area contributed by atoms with Gasteiger partial charge in [0, 0.05) is 18.7 Å². The number of ether oxygens (including phenoxy) is 1. The van der Waals surface area contributed by atoms with Crippen molar-refractivity contribution in [3.8, 4) is 5.75 Å². The van der Waals surface area contributed by atoms with Gasteiger partial charge in [-0.25, -0.2) is 4.39 Å². The Morgan fingerprint density at radius 3 is 2.50 bits per heavy atom. The van der Waals surface area contributed by atoms with Gasteiger partial charge in [0.2, 0.25) is 0 Å². The predicted molar refractivity (Wildman–Crippen MR) is 76.1 cm³/mol. The third-order valence-electron chi connectivity index (χ3n) is 2.84. The number of hydrogen-bond donors (Lipinski definition) is 2. The number of rotatable bonds is 7. The SMILES string of the molecule is OC(CNCc1ccccc1F)COc1ccccc1. The average Bonchev–Trinajstić information content (AvgIpc) is 2.48. The van der Waals surface area contributed by atoms with E-state index in [0.29, 0.717) is 18.7 Å². The highest BCUT2D eigenvalue weighted by Gasteiger charge is 2.06. The largest absolute Gasteiger partial charge is 0.491 e. The van der Waals surface area contributed by atoms with Gasteiger partial charge in [-0.15, -0.1) is 0 Å². The van der Waals surface area contributed by atoms with Gasteiger partial charge in [0.1, 0.15) is 24.3 Å². The maximum absolute atomic E-state index is 13.4. The Morgan fingerprint density at radius 2 is 1.75 bits per heavy atom. The van der Waals surface area contributed by atoms with Crippen molar-refractivity contribution >= 4 is 0 Å². The minimum Gasteiger partial charge on any atom is -0.491 e. The number of para-hydroxylation sites is 1. The van der Waals surface area contributed by atoms with E-state index in [4.69, 9.17) is 4.74 Å². The van der Waals surface area contributed by atoms with E-state index >= 15 is 0 Å². The zero-order valence-corrected chi connectivity index (χ0v) is 11.1. The van der Waals surface area contributed by atoms with Crippen LogP contribution in [0.25, 0.3) is 0 Å². The monoisotopic (exact) mass is 275 g/mol. The zero-order valence-electron chi connectivity index (χ0n) is 11.1. The first-order chi connectivity index (χ1) is 9.75. The number of nitrogens with one attached hydrogen (secondary N) is 1. The molecule has 0 fully saturated rings. The summed E-state index contributed by atoms with van der Waals surface area (Å²) in [6, 6.07) is 15.9. The molecule has 2 aromatic rings. The van der Waals surface area contributed by atoms with Gasteiger partial charge in [-0.3, -0.25) is 0 Å². The van der Waals surface area contributed by atoms with Crippen molar-refractivity contribution in [1.82, 2.24) is 5.32 Å². The fraction of sp³-hybridized carbons (Fsp3) is 0.250. The van der Waals surface area contributed by atoms with Crippen LogP contribution in [0.3, 0.4) is 0 Å². The van der Waals surface area contributed by atoms with E-state index in [-0.39, 0.29) is 12.4 Å². The van der Waals surface area contributed by atoms with Crippen LogP contribution in [0.2, 0.25) is 0 Å². The van der Waals surface area contributed by atoms with E-state index in [1.165, 1.54) is 6.07 Å². The highest BCUT2D eigenvalue weighted by molar-refractivity contribution is 5.21. The Hall–Kier alpha value is -1.91. The first kappa shape index (κ1) is 14.5. The summed E-state index contributed by atoms with van der Waals surface area (Å²) >= 11 is 0. The molecule has 106 valence electrons. The minimum absolute atomic E-state index is 0.203. The molecule has 0 aliphatic heterocycles. The summed E-state index contributed by atoms with van der Waals surface area (Å²) in [7, 11) is 0. The summed E-state index contributed by atoms with van der Waals surface area (Å²) in [6.45, 7) is 0.935. The lowest BCUT2D eigenvalue weighted by molar-refractivity contribution is 0.106. The molecule has 0 aliphatic carbocycles. The van der Waals surface area contributed by atoms with E-state index < -0.39 is 6.10 Å². The summed E-state index contributed by atoms with van der Waals surface area (Å²) in [4.78, 5) is 0. The second-order valence-electron chi connectivity index (χ2n) is 4.50. The van der Waals surface area contributed by atoms with Crippen molar-refractivity contribution < 1.29 is 14.2 Å². The molecule has 4 heteroatoms. The van der Waals surface area contributed by atoms with E-state index in [0.717, 1.165) is 5.75 Å². The summed E-state index contributed by atoms with van der Waals surface area (Å²) in [5, 5.41) is 12.8. The lowest BCUT2D eigenvalue weighted by Gasteiger charge is -2.13. The molecular weight excluding hydrogens is 257 g/mol. The second kappa shape index (κ2) is 7.62. The van der Waals surface area contributed by atoms with E-state index in [9.17, 15) is 9.50 Å². The standard InChI is InChI=1S/C16H18FNO2/c17-16-9-5-4-6-13(16)10-18-11-14(19)12-20-15-7-2-1-3-8-15/h1-9,14,18-19H,10-12H2. The molecular formula is C16H18FNO2. The Balaban J connectivity index is 1.68. The lowest BCUT2D eigenvalue weighted by Crippen LogP contribution is -2.31. The van der Waals surface area contributed by atoms with Gasteiger partial charge in [-0.05, 0) is 18.2 Å². The normalized spacial score (nSPS) is 12.1. The van der Waals surface area contributed by atoms with Crippen LogP contribution in [0.5, 0.6) is 5.75 Å². The van der Waals surface area contributed by atoms with Crippen LogP contribution in [0.1, 0.15) is 5.56 Å². The number of halogens is 1. The molecule has 0 bridgehead atoms. The van der Waals surface area contributed by atoms with Crippen LogP contribution >= 0.6 is 0 Å². The van der Waals surface area contributed by atoms with Gasteiger partial charge in [-0.2, -0.15) is 0 Å². The van der Waals surface area contributed by atoms with Gasteiger partial charge < -0.3 is 15.2 Å². The minimum atomic E-state index is -0.637. The molecule has 2 aromatic carbocycles. The maximum Gasteiger partial charge on any atom is 0.127 e. The fourth-order valence-electron chi connectivity index (χ4n) is 1.78. The van der Waals surface area contributed by atoms with Crippen molar-refractivity contribution in [3.63, 3.8) is 0 Å². The third kappa shape index (κ3) is 4.64. The van der Waals surface area contributed by atoms with Gasteiger partial charge in [0.05, 0.1) is 0 Å². The van der Waals surface area contributed by atoms with Crippen LogP contribution in [-0.4, -0.2) is 24.4 Å². The van der Waals surface area contributed by atoms with Crippen molar-refractivity contribution in [2.75, 3.05) is 13.2 Å². The summed E-state index contributed by atoms with van der Waals surface area (Å²) < 4.78 is 18.8. The average molecular weight is 275 g/mol. The number of benzene rings is 2. The molecule has 0 saturated heterocycles. The van der Waals surface area contributed by atoms with Crippen molar-refractivity contribution in [1.29, 1.82) is 0 Å². The molecule has 0 spiro atoms. The fourth-order valence-corrected chi connectivity index (χ4v) is 1.78. The van der Waals surface area contributed by atoms with Crippen LogP contribution < -0.4 is 10.1 Å². The molecule has 0 saturated carbocycles. The second-order valence-corrected chi connectivity index (χ2v) is 4.50. The molecule has 2 N–H and O–H groups in total. The smallest absolute Gasteiger partial charge is 0.127 e. The van der Waals surface area contributed by atoms with Gasteiger partial charge >= 0.3 is 0 Å². The zero-order chi connectivity index (χ0) is 14.2. The third-order valence-corrected chi connectivity index (χ3v) is 2.84. The molecule has 0 aromatic heterocycles. The summed E-state index contributed by atoms with van der Waals surface area (Å²) in [6.07, 6.45) is -0.637. The quantitative estimate of drug-likeness (QED) is 0.815. The van der Waals surface area contributed by atoms with Crippen LogP contribution in [0.15, 0.2) is 54.6 Å². The predicted octanol–water partition coefficient (Wildman–Crippen LogP) is 2.36. The van der Waals surface area contributed by atoms with Gasteiger partial charge in [0.25, 0.3) is 0 Å². The van der Waals surface area contributed by atoms with Gasteiger partial charge in [-0.1, -0.05) is 36.4 Å². The molecule has 0 heterocycles. The van der Waals surface area contributed by atoms with Crippen LogP contribution in [0.4, 0.5) is 4.39 Å². The molecule has 1 unspecified atom stereocenters. The van der Waals surface area contributed by atoms with Crippen molar-refractivity contribution in [2.24, 2.45) is 0 Å². The van der Waals surface area contributed by atoms with Crippen molar-refractivity contribution in [2.45, 2.75) is 12.6 Å².